The minimum Gasteiger partial charge on any atom is -0.489 e. The van der Waals surface area contributed by atoms with Crippen molar-refractivity contribution in [3.05, 3.63) is 82.6 Å². The fourth-order valence-corrected chi connectivity index (χ4v) is 3.87. The van der Waals surface area contributed by atoms with Crippen molar-refractivity contribution in [1.82, 2.24) is 9.55 Å². The van der Waals surface area contributed by atoms with Gasteiger partial charge in [-0.15, -0.1) is 0 Å². The molecule has 30 heavy (non-hydrogen) atoms. The first-order valence-electron chi connectivity index (χ1n) is 9.61. The quantitative estimate of drug-likeness (QED) is 0.475. The zero-order valence-corrected chi connectivity index (χ0v) is 17.7. The van der Waals surface area contributed by atoms with E-state index in [0.29, 0.717) is 48.4 Å². The second-order valence-corrected chi connectivity index (χ2v) is 8.05. The molecule has 1 fully saturated rings. The summed E-state index contributed by atoms with van der Waals surface area (Å²) in [5, 5.41) is 0.996. The van der Waals surface area contributed by atoms with E-state index in [1.54, 1.807) is 42.9 Å². The van der Waals surface area contributed by atoms with Gasteiger partial charge >= 0.3 is 0 Å². The SMILES string of the molecule is Fc1ccc(CCC2(Cn3ccnc3)OCC(COc3ccc(Cl)cc3Cl)O2)cc1. The summed E-state index contributed by atoms with van der Waals surface area (Å²) in [6, 6.07) is 11.6. The molecule has 2 heterocycles. The molecule has 0 amide bonds. The highest BCUT2D eigenvalue weighted by Gasteiger charge is 2.42. The fourth-order valence-electron chi connectivity index (χ4n) is 3.41. The lowest BCUT2D eigenvalue weighted by molar-refractivity contribution is -0.184. The number of aromatic nitrogens is 2. The maximum atomic E-state index is 13.2. The lowest BCUT2D eigenvalue weighted by atomic mass is 10.0. The standard InChI is InChI=1S/C22H21Cl2FN2O3/c23-17-3-6-21(20(24)11-17)28-12-19-13-29-22(30-19,14-27-10-9-26-15-27)8-7-16-1-4-18(25)5-2-16/h1-6,9-11,15,19H,7-8,12-14H2. The first kappa shape index (κ1) is 21.1. The monoisotopic (exact) mass is 450 g/mol. The van der Waals surface area contributed by atoms with Gasteiger partial charge in [0.15, 0.2) is 5.79 Å². The van der Waals surface area contributed by atoms with Crippen molar-refractivity contribution in [2.24, 2.45) is 0 Å². The van der Waals surface area contributed by atoms with Crippen molar-refractivity contribution in [2.75, 3.05) is 13.2 Å². The normalized spacial score (nSPS) is 21.1. The Morgan fingerprint density at radius 3 is 2.77 bits per heavy atom. The van der Waals surface area contributed by atoms with E-state index in [1.165, 1.54) is 12.1 Å². The molecule has 158 valence electrons. The minimum atomic E-state index is -0.826. The van der Waals surface area contributed by atoms with Crippen LogP contribution < -0.4 is 4.74 Å². The lowest BCUT2D eigenvalue weighted by Gasteiger charge is -2.28. The van der Waals surface area contributed by atoms with E-state index in [1.807, 2.05) is 10.8 Å². The molecule has 2 unspecified atom stereocenters. The van der Waals surface area contributed by atoms with Gasteiger partial charge in [0.2, 0.25) is 0 Å². The van der Waals surface area contributed by atoms with Crippen LogP contribution in [0, 0.1) is 5.82 Å². The molecule has 4 rings (SSSR count). The third kappa shape index (κ3) is 5.32. The van der Waals surface area contributed by atoms with E-state index in [0.717, 1.165) is 5.56 Å². The molecule has 0 saturated carbocycles. The Balaban J connectivity index is 1.41. The first-order valence-corrected chi connectivity index (χ1v) is 10.4. The van der Waals surface area contributed by atoms with Crippen molar-refractivity contribution in [3.63, 3.8) is 0 Å². The number of hydrogen-bond acceptors (Lipinski definition) is 4. The number of aryl methyl sites for hydroxylation is 1. The molecule has 1 aliphatic rings. The van der Waals surface area contributed by atoms with Crippen molar-refractivity contribution in [3.8, 4) is 5.75 Å². The summed E-state index contributed by atoms with van der Waals surface area (Å²) in [5.41, 5.74) is 1.02. The van der Waals surface area contributed by atoms with Gasteiger partial charge in [-0.3, -0.25) is 0 Å². The molecule has 0 N–H and O–H groups in total. The van der Waals surface area contributed by atoms with Crippen molar-refractivity contribution < 1.29 is 18.6 Å². The average Bonchev–Trinajstić information content (AvgIpc) is 3.38. The molecule has 3 aromatic rings. The van der Waals surface area contributed by atoms with Crippen LogP contribution in [0.15, 0.2) is 61.2 Å². The van der Waals surface area contributed by atoms with Gasteiger partial charge < -0.3 is 18.8 Å². The van der Waals surface area contributed by atoms with E-state index < -0.39 is 5.79 Å². The molecule has 0 aliphatic carbocycles. The Morgan fingerprint density at radius 2 is 2.03 bits per heavy atom. The summed E-state index contributed by atoms with van der Waals surface area (Å²) in [5.74, 6) is -0.534. The predicted molar refractivity (Wildman–Crippen MR) is 112 cm³/mol. The van der Waals surface area contributed by atoms with E-state index in [2.05, 4.69) is 4.98 Å². The van der Waals surface area contributed by atoms with Crippen LogP contribution in [-0.4, -0.2) is 34.7 Å². The smallest absolute Gasteiger partial charge is 0.187 e. The third-order valence-electron chi connectivity index (χ3n) is 4.92. The third-order valence-corrected chi connectivity index (χ3v) is 5.45. The Labute approximate surface area is 184 Å². The van der Waals surface area contributed by atoms with Crippen molar-refractivity contribution in [1.29, 1.82) is 0 Å². The molecule has 8 heteroatoms. The van der Waals surface area contributed by atoms with Crippen LogP contribution in [0.3, 0.4) is 0 Å². The van der Waals surface area contributed by atoms with Gasteiger partial charge in [-0.05, 0) is 42.3 Å². The topological polar surface area (TPSA) is 45.5 Å². The van der Waals surface area contributed by atoms with Gasteiger partial charge in [0.1, 0.15) is 24.3 Å². The molecule has 0 radical (unpaired) electrons. The highest BCUT2D eigenvalue weighted by molar-refractivity contribution is 6.35. The largest absolute Gasteiger partial charge is 0.489 e. The van der Waals surface area contributed by atoms with Crippen LogP contribution in [0.2, 0.25) is 10.0 Å². The highest BCUT2D eigenvalue weighted by atomic mass is 35.5. The second-order valence-electron chi connectivity index (χ2n) is 7.21. The van der Waals surface area contributed by atoms with E-state index in [-0.39, 0.29) is 11.9 Å². The molecule has 0 spiro atoms. The predicted octanol–water partition coefficient (Wildman–Crippen LogP) is 5.15. The van der Waals surface area contributed by atoms with Crippen molar-refractivity contribution >= 4 is 23.2 Å². The fraction of sp³-hybridized carbons (Fsp3) is 0.318. The first-order chi connectivity index (χ1) is 14.5. The van der Waals surface area contributed by atoms with Crippen LogP contribution in [0.5, 0.6) is 5.75 Å². The van der Waals surface area contributed by atoms with Gasteiger partial charge in [0.25, 0.3) is 0 Å². The summed E-state index contributed by atoms with van der Waals surface area (Å²) >= 11 is 12.1. The van der Waals surface area contributed by atoms with Gasteiger partial charge in [-0.2, -0.15) is 0 Å². The summed E-state index contributed by atoms with van der Waals surface area (Å²) in [6.07, 6.45) is 6.34. The number of nitrogens with zero attached hydrogens (tertiary/aromatic N) is 2. The van der Waals surface area contributed by atoms with Crippen LogP contribution in [-0.2, 0) is 22.4 Å². The van der Waals surface area contributed by atoms with Gasteiger partial charge in [-0.25, -0.2) is 9.37 Å². The average molecular weight is 451 g/mol. The second kappa shape index (κ2) is 9.35. The maximum absolute atomic E-state index is 13.2. The van der Waals surface area contributed by atoms with Gasteiger partial charge in [0, 0.05) is 23.8 Å². The minimum absolute atomic E-state index is 0.252. The Kier molecular flexibility index (Phi) is 6.58. The molecule has 2 aromatic carbocycles. The zero-order chi connectivity index (χ0) is 21.0. The Bertz CT molecular complexity index is 969. The van der Waals surface area contributed by atoms with E-state index in [4.69, 9.17) is 37.4 Å². The molecule has 2 atom stereocenters. The maximum Gasteiger partial charge on any atom is 0.187 e. The zero-order valence-electron chi connectivity index (χ0n) is 16.1. The Morgan fingerprint density at radius 1 is 1.20 bits per heavy atom. The van der Waals surface area contributed by atoms with Gasteiger partial charge in [-0.1, -0.05) is 35.3 Å². The molecule has 0 bridgehead atoms. The van der Waals surface area contributed by atoms with E-state index >= 15 is 0 Å². The van der Waals surface area contributed by atoms with Crippen molar-refractivity contribution in [2.45, 2.75) is 31.3 Å². The molecular formula is C22H21Cl2FN2O3. The lowest BCUT2D eigenvalue weighted by Crippen LogP contribution is -2.37. The van der Waals surface area contributed by atoms with Crippen LogP contribution in [0.25, 0.3) is 0 Å². The molecule has 1 aliphatic heterocycles. The van der Waals surface area contributed by atoms with Crippen LogP contribution in [0.1, 0.15) is 12.0 Å². The Hall–Kier alpha value is -2.12. The molecule has 1 aromatic heterocycles. The number of halogens is 3. The highest BCUT2D eigenvalue weighted by Crippen LogP contribution is 2.32. The number of rotatable bonds is 8. The summed E-state index contributed by atoms with van der Waals surface area (Å²) in [7, 11) is 0. The molecular weight excluding hydrogens is 430 g/mol. The number of ether oxygens (including phenoxy) is 3. The molecule has 1 saturated heterocycles. The number of benzene rings is 2. The van der Waals surface area contributed by atoms with Gasteiger partial charge in [0.05, 0.1) is 24.5 Å². The number of imidazole rings is 1. The van der Waals surface area contributed by atoms with Crippen LogP contribution in [0.4, 0.5) is 4.39 Å². The number of hydrogen-bond donors (Lipinski definition) is 0. The summed E-state index contributed by atoms with van der Waals surface area (Å²) in [6.45, 7) is 1.18. The summed E-state index contributed by atoms with van der Waals surface area (Å²) in [4.78, 5) is 4.10. The van der Waals surface area contributed by atoms with E-state index in [9.17, 15) is 4.39 Å². The molecule has 5 nitrogen and oxygen atoms in total. The van der Waals surface area contributed by atoms with Crippen LogP contribution >= 0.6 is 23.2 Å². The summed E-state index contributed by atoms with van der Waals surface area (Å²) < 4.78 is 33.4.